The van der Waals surface area contributed by atoms with Crippen LogP contribution < -0.4 is 5.73 Å². The van der Waals surface area contributed by atoms with Gasteiger partial charge in [-0.1, -0.05) is 36.4 Å². The average molecular weight is 281 g/mol. The molecule has 2 aromatic carbocycles. The summed E-state index contributed by atoms with van der Waals surface area (Å²) < 4.78 is 6.51. The highest BCUT2D eigenvalue weighted by Gasteiger charge is 2.16. The van der Waals surface area contributed by atoms with E-state index in [1.54, 1.807) is 7.11 Å². The molecule has 5 nitrogen and oxygen atoms in total. The van der Waals surface area contributed by atoms with Crippen LogP contribution in [0.2, 0.25) is 0 Å². The Hall–Kier alpha value is -2.66. The molecule has 5 heteroatoms. The molecule has 0 atom stereocenters. The number of hydrogen-bond acceptors (Lipinski definition) is 4. The fraction of sp³-hybridized carbons (Fsp3) is 0.125. The fourth-order valence-electron chi connectivity index (χ4n) is 2.38. The molecule has 0 saturated heterocycles. The van der Waals surface area contributed by atoms with E-state index in [1.165, 1.54) is 4.68 Å². The molecule has 0 saturated carbocycles. The Morgan fingerprint density at radius 3 is 2.71 bits per heavy atom. The minimum Gasteiger partial charge on any atom is -0.383 e. The number of carbonyl (C=O) groups is 1. The maximum Gasteiger partial charge on any atom is 0.156 e. The quantitative estimate of drug-likeness (QED) is 0.746. The van der Waals surface area contributed by atoms with Gasteiger partial charge in [-0.3, -0.25) is 4.79 Å². The summed E-state index contributed by atoms with van der Waals surface area (Å²) in [5.41, 5.74) is 7.76. The van der Waals surface area contributed by atoms with Crippen molar-refractivity contribution in [3.8, 4) is 11.3 Å². The molecule has 0 aliphatic carbocycles. The first kappa shape index (κ1) is 13.3. The van der Waals surface area contributed by atoms with E-state index in [2.05, 4.69) is 5.10 Å². The Labute approximate surface area is 121 Å². The van der Waals surface area contributed by atoms with Crippen LogP contribution in [0.1, 0.15) is 10.4 Å². The van der Waals surface area contributed by atoms with Crippen LogP contribution in [-0.2, 0) is 11.5 Å². The maximum atomic E-state index is 11.3. The van der Waals surface area contributed by atoms with Crippen molar-refractivity contribution < 1.29 is 9.53 Å². The van der Waals surface area contributed by atoms with Gasteiger partial charge < -0.3 is 10.5 Å². The van der Waals surface area contributed by atoms with Crippen LogP contribution in [0.15, 0.2) is 42.5 Å². The van der Waals surface area contributed by atoms with Crippen LogP contribution in [0.25, 0.3) is 22.0 Å². The molecule has 21 heavy (non-hydrogen) atoms. The predicted molar refractivity (Wildman–Crippen MR) is 82.0 cm³/mol. The molecule has 3 rings (SSSR count). The lowest BCUT2D eigenvalue weighted by atomic mass is 10.0. The Balaban J connectivity index is 2.17. The van der Waals surface area contributed by atoms with Gasteiger partial charge in [-0.05, 0) is 16.8 Å². The van der Waals surface area contributed by atoms with Crippen molar-refractivity contribution in [2.24, 2.45) is 0 Å². The van der Waals surface area contributed by atoms with Crippen molar-refractivity contribution in [1.82, 2.24) is 9.78 Å². The molecule has 3 aromatic rings. The van der Waals surface area contributed by atoms with Crippen LogP contribution >= 0.6 is 0 Å². The second-order valence-corrected chi connectivity index (χ2v) is 4.74. The number of hydrogen-bond donors (Lipinski definition) is 1. The van der Waals surface area contributed by atoms with E-state index in [0.29, 0.717) is 17.1 Å². The highest BCUT2D eigenvalue weighted by atomic mass is 16.5. The van der Waals surface area contributed by atoms with E-state index in [1.807, 2.05) is 42.5 Å². The van der Waals surface area contributed by atoms with Crippen molar-refractivity contribution in [2.45, 2.75) is 6.73 Å². The van der Waals surface area contributed by atoms with Gasteiger partial charge in [-0.15, -0.1) is 0 Å². The molecule has 1 heterocycles. The van der Waals surface area contributed by atoms with Gasteiger partial charge in [0.25, 0.3) is 0 Å². The highest BCUT2D eigenvalue weighted by molar-refractivity contribution is 5.94. The summed E-state index contributed by atoms with van der Waals surface area (Å²) in [6.45, 7) is 0.209. The summed E-state index contributed by atoms with van der Waals surface area (Å²) in [6.07, 6.45) is 0.735. The molecule has 0 aliphatic heterocycles. The third kappa shape index (κ3) is 2.28. The lowest BCUT2D eigenvalue weighted by molar-refractivity contribution is 0.112. The van der Waals surface area contributed by atoms with E-state index < -0.39 is 0 Å². The van der Waals surface area contributed by atoms with E-state index in [-0.39, 0.29) is 6.73 Å². The molecular formula is C16H15N3O2. The molecule has 106 valence electrons. The number of aromatic nitrogens is 2. The highest BCUT2D eigenvalue weighted by Crippen LogP contribution is 2.28. The molecular weight excluding hydrogens is 266 g/mol. The normalized spacial score (nSPS) is 10.9. The minimum absolute atomic E-state index is 0.209. The standard InChI is InChI=1S/C16H15N3O2/c1-21-10-19-16(17)14(9-20)15(18-19)13-7-6-11-4-2-3-5-12(11)8-13/h2-9H,10,17H2,1H3. The summed E-state index contributed by atoms with van der Waals surface area (Å²) in [5, 5.41) is 6.61. The molecule has 0 fully saturated rings. The fourth-order valence-corrected chi connectivity index (χ4v) is 2.38. The van der Waals surface area contributed by atoms with Gasteiger partial charge in [0.15, 0.2) is 6.29 Å². The second-order valence-electron chi connectivity index (χ2n) is 4.74. The van der Waals surface area contributed by atoms with Crippen molar-refractivity contribution in [3.63, 3.8) is 0 Å². The van der Waals surface area contributed by atoms with Crippen LogP contribution in [0.3, 0.4) is 0 Å². The van der Waals surface area contributed by atoms with Crippen LogP contribution in [0.4, 0.5) is 5.82 Å². The Kier molecular flexibility index (Phi) is 3.41. The van der Waals surface area contributed by atoms with Crippen LogP contribution in [-0.4, -0.2) is 23.2 Å². The molecule has 1 aromatic heterocycles. The predicted octanol–water partition coefficient (Wildman–Crippen LogP) is 2.70. The van der Waals surface area contributed by atoms with Gasteiger partial charge in [-0.25, -0.2) is 4.68 Å². The number of aldehydes is 1. The number of rotatable bonds is 4. The number of nitrogen functional groups attached to an aromatic ring is 1. The van der Waals surface area contributed by atoms with Crippen LogP contribution in [0.5, 0.6) is 0 Å². The summed E-state index contributed by atoms with van der Waals surface area (Å²) in [4.78, 5) is 11.3. The van der Waals surface area contributed by atoms with Crippen LogP contribution in [0, 0.1) is 0 Å². The molecule has 0 aliphatic rings. The lowest BCUT2D eigenvalue weighted by Crippen LogP contribution is -2.06. The maximum absolute atomic E-state index is 11.3. The van der Waals surface area contributed by atoms with Gasteiger partial charge in [0.05, 0.1) is 5.56 Å². The van der Waals surface area contributed by atoms with Crippen molar-refractivity contribution in [1.29, 1.82) is 0 Å². The SMILES string of the molecule is COCn1nc(-c2ccc3ccccc3c2)c(C=O)c1N. The Morgan fingerprint density at radius 2 is 2.00 bits per heavy atom. The number of fused-ring (bicyclic) bond motifs is 1. The van der Waals surface area contributed by atoms with Gasteiger partial charge in [0.1, 0.15) is 18.2 Å². The average Bonchev–Trinajstić information content (AvgIpc) is 2.83. The molecule has 0 bridgehead atoms. The number of methoxy groups -OCH3 is 1. The Morgan fingerprint density at radius 1 is 1.24 bits per heavy atom. The number of anilines is 1. The first-order valence-electron chi connectivity index (χ1n) is 6.54. The number of nitrogens with two attached hydrogens (primary N) is 1. The van der Waals surface area contributed by atoms with E-state index >= 15 is 0 Å². The number of benzene rings is 2. The van der Waals surface area contributed by atoms with Crippen molar-refractivity contribution in [2.75, 3.05) is 12.8 Å². The molecule has 2 N–H and O–H groups in total. The number of ether oxygens (including phenoxy) is 1. The zero-order valence-electron chi connectivity index (χ0n) is 11.6. The van der Waals surface area contributed by atoms with E-state index in [9.17, 15) is 4.79 Å². The summed E-state index contributed by atoms with van der Waals surface area (Å²) in [6, 6.07) is 14.0. The first-order chi connectivity index (χ1) is 10.2. The van der Waals surface area contributed by atoms with Gasteiger partial charge >= 0.3 is 0 Å². The topological polar surface area (TPSA) is 70.1 Å². The second kappa shape index (κ2) is 5.38. The number of nitrogens with zero attached hydrogens (tertiary/aromatic N) is 2. The van der Waals surface area contributed by atoms with E-state index in [0.717, 1.165) is 22.6 Å². The summed E-state index contributed by atoms with van der Waals surface area (Å²) in [5.74, 6) is 0.315. The third-order valence-electron chi connectivity index (χ3n) is 3.42. The van der Waals surface area contributed by atoms with Gasteiger partial charge in [-0.2, -0.15) is 5.10 Å². The summed E-state index contributed by atoms with van der Waals surface area (Å²) in [7, 11) is 1.55. The Bertz CT molecular complexity index is 808. The first-order valence-corrected chi connectivity index (χ1v) is 6.54. The third-order valence-corrected chi connectivity index (χ3v) is 3.42. The van der Waals surface area contributed by atoms with Gasteiger partial charge in [0.2, 0.25) is 0 Å². The lowest BCUT2D eigenvalue weighted by Gasteiger charge is -2.02. The minimum atomic E-state index is 0.209. The van der Waals surface area contributed by atoms with Gasteiger partial charge in [0, 0.05) is 12.7 Å². The summed E-state index contributed by atoms with van der Waals surface area (Å²) >= 11 is 0. The van der Waals surface area contributed by atoms with E-state index in [4.69, 9.17) is 10.5 Å². The molecule has 0 amide bonds. The van der Waals surface area contributed by atoms with Crippen molar-refractivity contribution in [3.05, 3.63) is 48.0 Å². The smallest absolute Gasteiger partial charge is 0.156 e. The zero-order valence-corrected chi connectivity index (χ0v) is 11.6. The monoisotopic (exact) mass is 281 g/mol. The molecule has 0 unspecified atom stereocenters. The zero-order chi connectivity index (χ0) is 14.8. The largest absolute Gasteiger partial charge is 0.383 e. The number of carbonyl (C=O) groups excluding carboxylic acids is 1. The molecule has 0 spiro atoms. The molecule has 0 radical (unpaired) electrons. The van der Waals surface area contributed by atoms with Crippen molar-refractivity contribution >= 4 is 22.9 Å².